The molecule has 1 aromatic rings. The van der Waals surface area contributed by atoms with Crippen molar-refractivity contribution in [2.45, 2.75) is 23.3 Å². The molecule has 0 atom stereocenters. The van der Waals surface area contributed by atoms with Crippen LogP contribution in [0.15, 0.2) is 21.6 Å². The maximum Gasteiger partial charge on any atom is 0.231 e. The van der Waals surface area contributed by atoms with Gasteiger partial charge in [-0.1, -0.05) is 0 Å². The van der Waals surface area contributed by atoms with E-state index in [0.29, 0.717) is 18.6 Å². The van der Waals surface area contributed by atoms with Crippen molar-refractivity contribution in [3.05, 3.63) is 17.9 Å². The normalized spacial score (nSPS) is 18.7. The fraction of sp³-hybridized carbons (Fsp3) is 0.444. The minimum absolute atomic E-state index is 0.120. The molecular weight excluding hydrogens is 218 g/mol. The van der Waals surface area contributed by atoms with Crippen molar-refractivity contribution >= 4 is 15.7 Å². The summed E-state index contributed by atoms with van der Waals surface area (Å²) in [6.07, 6.45) is 2.30. The second-order valence-electron chi connectivity index (χ2n) is 3.84. The second-order valence-corrected chi connectivity index (χ2v) is 5.78. The summed E-state index contributed by atoms with van der Waals surface area (Å²) in [5, 5.41) is -0.120. The van der Waals surface area contributed by atoms with Gasteiger partial charge in [-0.05, 0) is 25.0 Å². The Balaban J connectivity index is 2.41. The molecule has 1 aliphatic carbocycles. The van der Waals surface area contributed by atoms with Crippen molar-refractivity contribution in [2.24, 2.45) is 5.73 Å². The molecule has 6 heteroatoms. The molecule has 0 radical (unpaired) electrons. The molecule has 1 saturated carbocycles. The van der Waals surface area contributed by atoms with Crippen molar-refractivity contribution in [1.82, 2.24) is 0 Å². The van der Waals surface area contributed by atoms with E-state index in [1.807, 2.05) is 0 Å². The van der Waals surface area contributed by atoms with Crippen LogP contribution >= 0.6 is 0 Å². The zero-order valence-corrected chi connectivity index (χ0v) is 9.00. The molecule has 2 N–H and O–H groups in total. The largest absolute Gasteiger partial charge is 0.449 e. The van der Waals surface area contributed by atoms with Gasteiger partial charge in [0.25, 0.3) is 0 Å². The standard InChI is InChI=1S/C9H11NO4S/c1-15(12,13)7-3-2-6(14-7)9(4-5-9)8(10)11/h2-3H,4-5H2,1H3,(H2,10,11). The molecule has 0 bridgehead atoms. The lowest BCUT2D eigenvalue weighted by molar-refractivity contribution is -0.120. The Hall–Kier alpha value is -1.30. The van der Waals surface area contributed by atoms with Gasteiger partial charge in [0.15, 0.2) is 0 Å². The number of rotatable bonds is 3. The molecular formula is C9H11NO4S. The first-order valence-corrected chi connectivity index (χ1v) is 6.36. The molecule has 1 aliphatic rings. The van der Waals surface area contributed by atoms with E-state index in [1.54, 1.807) is 0 Å². The van der Waals surface area contributed by atoms with Gasteiger partial charge in [-0.15, -0.1) is 0 Å². The van der Waals surface area contributed by atoms with E-state index >= 15 is 0 Å². The lowest BCUT2D eigenvalue weighted by Gasteiger charge is -2.05. The van der Waals surface area contributed by atoms with E-state index in [2.05, 4.69) is 0 Å². The molecule has 2 rings (SSSR count). The fourth-order valence-corrected chi connectivity index (χ4v) is 2.07. The molecule has 1 heterocycles. The number of amides is 1. The number of furan rings is 1. The van der Waals surface area contributed by atoms with Gasteiger partial charge in [0.05, 0.1) is 0 Å². The Kier molecular flexibility index (Phi) is 1.94. The van der Waals surface area contributed by atoms with E-state index in [9.17, 15) is 13.2 Å². The molecule has 5 nitrogen and oxygen atoms in total. The molecule has 0 aromatic carbocycles. The second kappa shape index (κ2) is 2.85. The number of nitrogens with two attached hydrogens (primary N) is 1. The highest BCUT2D eigenvalue weighted by Gasteiger charge is 2.53. The summed E-state index contributed by atoms with van der Waals surface area (Å²) < 4.78 is 27.5. The minimum atomic E-state index is -3.36. The Morgan fingerprint density at radius 3 is 2.40 bits per heavy atom. The molecule has 82 valence electrons. The van der Waals surface area contributed by atoms with E-state index in [-0.39, 0.29) is 5.09 Å². The van der Waals surface area contributed by atoms with Gasteiger partial charge >= 0.3 is 0 Å². The smallest absolute Gasteiger partial charge is 0.231 e. The van der Waals surface area contributed by atoms with Gasteiger partial charge in [0.2, 0.25) is 20.8 Å². The maximum atomic E-state index is 11.2. The lowest BCUT2D eigenvalue weighted by Crippen LogP contribution is -2.27. The van der Waals surface area contributed by atoms with Gasteiger partial charge in [0.1, 0.15) is 11.2 Å². The topological polar surface area (TPSA) is 90.4 Å². The van der Waals surface area contributed by atoms with Gasteiger partial charge in [0, 0.05) is 6.26 Å². The van der Waals surface area contributed by atoms with Crippen LogP contribution in [0.25, 0.3) is 0 Å². The molecule has 0 spiro atoms. The van der Waals surface area contributed by atoms with Gasteiger partial charge in [-0.2, -0.15) is 0 Å². The third kappa shape index (κ3) is 1.54. The van der Waals surface area contributed by atoms with E-state index in [0.717, 1.165) is 6.26 Å². The Labute approximate surface area is 87.2 Å². The zero-order valence-electron chi connectivity index (χ0n) is 8.19. The number of carbonyl (C=O) groups excluding carboxylic acids is 1. The van der Waals surface area contributed by atoms with Gasteiger partial charge in [-0.3, -0.25) is 4.79 Å². The van der Waals surface area contributed by atoms with Gasteiger partial charge < -0.3 is 10.2 Å². The van der Waals surface area contributed by atoms with Crippen LogP contribution in [0.3, 0.4) is 0 Å². The van der Waals surface area contributed by atoms with E-state index in [1.165, 1.54) is 12.1 Å². The predicted molar refractivity (Wildman–Crippen MR) is 51.9 cm³/mol. The zero-order chi connectivity index (χ0) is 11.3. The number of hydrogen-bond donors (Lipinski definition) is 1. The van der Waals surface area contributed by atoms with Crippen LogP contribution in [-0.2, 0) is 20.0 Å². The predicted octanol–water partition coefficient (Wildman–Crippen LogP) is 0.200. The van der Waals surface area contributed by atoms with Crippen LogP contribution < -0.4 is 5.73 Å². The van der Waals surface area contributed by atoms with Crippen LogP contribution in [0.5, 0.6) is 0 Å². The van der Waals surface area contributed by atoms with E-state index < -0.39 is 21.2 Å². The summed E-state index contributed by atoms with van der Waals surface area (Å²) in [6.45, 7) is 0. The summed E-state index contributed by atoms with van der Waals surface area (Å²) in [4.78, 5) is 11.2. The van der Waals surface area contributed by atoms with Crippen LogP contribution in [0.4, 0.5) is 0 Å². The Morgan fingerprint density at radius 2 is 2.07 bits per heavy atom. The monoisotopic (exact) mass is 229 g/mol. The first kappa shape index (κ1) is 10.2. The first-order chi connectivity index (χ1) is 6.86. The van der Waals surface area contributed by atoms with Crippen molar-refractivity contribution in [3.8, 4) is 0 Å². The average Bonchev–Trinajstić information content (AvgIpc) is 2.75. The molecule has 0 saturated heterocycles. The number of primary amides is 1. The van der Waals surface area contributed by atoms with Crippen LogP contribution in [0.2, 0.25) is 0 Å². The Bertz CT molecular complexity index is 510. The molecule has 1 aromatic heterocycles. The van der Waals surface area contributed by atoms with Crippen molar-refractivity contribution < 1.29 is 17.6 Å². The van der Waals surface area contributed by atoms with Crippen molar-refractivity contribution in [1.29, 1.82) is 0 Å². The molecule has 0 unspecified atom stereocenters. The lowest BCUT2D eigenvalue weighted by atomic mass is 10.0. The summed E-state index contributed by atoms with van der Waals surface area (Å²) in [7, 11) is -3.36. The highest BCUT2D eigenvalue weighted by molar-refractivity contribution is 7.90. The SMILES string of the molecule is CS(=O)(=O)c1ccc(C2(C(N)=O)CC2)o1. The minimum Gasteiger partial charge on any atom is -0.449 e. The summed E-state index contributed by atoms with van der Waals surface area (Å²) in [5.74, 6) is -0.104. The summed E-state index contributed by atoms with van der Waals surface area (Å²) in [6, 6.07) is 2.86. The first-order valence-electron chi connectivity index (χ1n) is 4.46. The highest BCUT2D eigenvalue weighted by atomic mass is 32.2. The molecule has 1 amide bonds. The van der Waals surface area contributed by atoms with Crippen LogP contribution in [0, 0.1) is 0 Å². The third-order valence-electron chi connectivity index (χ3n) is 2.64. The molecule has 15 heavy (non-hydrogen) atoms. The fourth-order valence-electron chi connectivity index (χ4n) is 1.52. The highest BCUT2D eigenvalue weighted by Crippen LogP contribution is 2.48. The Morgan fingerprint density at radius 1 is 1.47 bits per heavy atom. The maximum absolute atomic E-state index is 11.2. The van der Waals surface area contributed by atoms with Crippen LogP contribution in [-0.4, -0.2) is 20.6 Å². The number of hydrogen-bond acceptors (Lipinski definition) is 4. The molecule has 0 aliphatic heterocycles. The van der Waals surface area contributed by atoms with Gasteiger partial charge in [-0.25, -0.2) is 8.42 Å². The quantitative estimate of drug-likeness (QED) is 0.801. The van der Waals surface area contributed by atoms with Crippen molar-refractivity contribution in [3.63, 3.8) is 0 Å². The molecule has 1 fully saturated rings. The summed E-state index contributed by atoms with van der Waals surface area (Å²) in [5.41, 5.74) is 4.47. The van der Waals surface area contributed by atoms with Crippen LogP contribution in [0.1, 0.15) is 18.6 Å². The number of carbonyl (C=O) groups is 1. The number of sulfone groups is 1. The van der Waals surface area contributed by atoms with Crippen molar-refractivity contribution in [2.75, 3.05) is 6.26 Å². The average molecular weight is 229 g/mol. The summed E-state index contributed by atoms with van der Waals surface area (Å²) >= 11 is 0. The third-order valence-corrected chi connectivity index (χ3v) is 3.59. The van der Waals surface area contributed by atoms with E-state index in [4.69, 9.17) is 10.2 Å².